The van der Waals surface area contributed by atoms with Crippen LogP contribution in [0.3, 0.4) is 0 Å². The van der Waals surface area contributed by atoms with E-state index in [1.165, 1.54) is 4.90 Å². The van der Waals surface area contributed by atoms with Gasteiger partial charge in [0, 0.05) is 25.6 Å². The summed E-state index contributed by atoms with van der Waals surface area (Å²) in [5, 5.41) is 14.9. The van der Waals surface area contributed by atoms with E-state index >= 15 is 0 Å². The fraction of sp³-hybridized carbons (Fsp3) is 0.400. The molecule has 0 aromatic heterocycles. The lowest BCUT2D eigenvalue weighted by molar-refractivity contribution is -0.136. The number of nitrogens with one attached hydrogen (secondary N) is 2. The number of hydrogen-bond acceptors (Lipinski definition) is 5. The third-order valence-electron chi connectivity index (χ3n) is 5.45. The summed E-state index contributed by atoms with van der Waals surface area (Å²) in [6.45, 7) is 3.89. The van der Waals surface area contributed by atoms with Crippen LogP contribution >= 0.6 is 0 Å². The van der Waals surface area contributed by atoms with E-state index in [1.54, 1.807) is 43.4 Å². The number of ether oxygens (including phenoxy) is 1. The van der Waals surface area contributed by atoms with Crippen molar-refractivity contribution in [3.63, 3.8) is 0 Å². The number of nitrogens with zero attached hydrogens (tertiary/aromatic N) is 1. The van der Waals surface area contributed by atoms with E-state index in [0.717, 1.165) is 5.56 Å². The Morgan fingerprint density at radius 1 is 1.12 bits per heavy atom. The number of rotatable bonds is 5. The molecule has 0 unspecified atom stereocenters. The van der Waals surface area contributed by atoms with Gasteiger partial charge in [0.15, 0.2) is 0 Å². The summed E-state index contributed by atoms with van der Waals surface area (Å²) in [5.41, 5.74) is 1.21. The Bertz CT molecular complexity index is 990. The fourth-order valence-electron chi connectivity index (χ4n) is 3.71. The van der Waals surface area contributed by atoms with E-state index in [4.69, 9.17) is 4.74 Å². The molecule has 0 aliphatic carbocycles. The van der Waals surface area contributed by atoms with E-state index in [9.17, 15) is 19.5 Å². The lowest BCUT2D eigenvalue weighted by Gasteiger charge is -2.27. The highest BCUT2D eigenvalue weighted by Gasteiger charge is 2.29. The van der Waals surface area contributed by atoms with Gasteiger partial charge in [0.05, 0.1) is 6.61 Å². The zero-order valence-corrected chi connectivity index (χ0v) is 19.2. The van der Waals surface area contributed by atoms with Gasteiger partial charge < -0.3 is 25.4 Å². The van der Waals surface area contributed by atoms with Crippen molar-refractivity contribution < 1.29 is 24.2 Å². The zero-order chi connectivity index (χ0) is 24.0. The maximum Gasteiger partial charge on any atom is 0.252 e. The van der Waals surface area contributed by atoms with Crippen LogP contribution in [0.5, 0.6) is 11.5 Å². The van der Waals surface area contributed by atoms with E-state index in [-0.39, 0.29) is 31.4 Å². The summed E-state index contributed by atoms with van der Waals surface area (Å²) < 4.78 is 5.89. The summed E-state index contributed by atoms with van der Waals surface area (Å²) in [6, 6.07) is 12.3. The lowest BCUT2D eigenvalue weighted by atomic mass is 10.0. The number of hydrogen-bond donors (Lipinski definition) is 3. The van der Waals surface area contributed by atoms with Crippen LogP contribution in [0.2, 0.25) is 0 Å². The van der Waals surface area contributed by atoms with Crippen LogP contribution in [0.1, 0.15) is 36.2 Å². The number of carbonyl (C=O) groups is 3. The van der Waals surface area contributed by atoms with Gasteiger partial charge in [-0.2, -0.15) is 0 Å². The second kappa shape index (κ2) is 11.0. The number of benzene rings is 2. The number of carbonyl (C=O) groups excluding carboxylic acids is 3. The predicted molar refractivity (Wildman–Crippen MR) is 124 cm³/mol. The number of aliphatic hydroxyl groups is 1. The summed E-state index contributed by atoms with van der Waals surface area (Å²) in [6.07, 6.45) is 0.673. The maximum atomic E-state index is 13.2. The molecule has 2 aromatic rings. The third kappa shape index (κ3) is 6.55. The molecule has 0 fully saturated rings. The van der Waals surface area contributed by atoms with Gasteiger partial charge in [-0.25, -0.2) is 0 Å². The molecule has 3 N–H and O–H groups in total. The highest BCUT2D eigenvalue weighted by Crippen LogP contribution is 2.24. The third-order valence-corrected chi connectivity index (χ3v) is 5.45. The first kappa shape index (κ1) is 24.3. The minimum Gasteiger partial charge on any atom is -0.457 e. The van der Waals surface area contributed by atoms with Gasteiger partial charge in [-0.1, -0.05) is 32.0 Å². The SMILES string of the molecule is CC(C)C[C@@H]1NC(=O)c2cccc(c2)Oc2ccc(cc2)C[C@H](C(=O)N(C)CCO)NC1=O. The van der Waals surface area contributed by atoms with Crippen LogP contribution in [-0.4, -0.2) is 60.0 Å². The number of fused-ring (bicyclic) bond motifs is 8. The quantitative estimate of drug-likeness (QED) is 0.643. The van der Waals surface area contributed by atoms with Gasteiger partial charge in [0.1, 0.15) is 23.6 Å². The van der Waals surface area contributed by atoms with Crippen LogP contribution in [0, 0.1) is 5.92 Å². The average Bonchev–Trinajstić information content (AvgIpc) is 2.78. The molecule has 33 heavy (non-hydrogen) atoms. The Morgan fingerprint density at radius 2 is 1.85 bits per heavy atom. The van der Waals surface area contributed by atoms with Crippen molar-refractivity contribution in [1.82, 2.24) is 15.5 Å². The first-order chi connectivity index (χ1) is 15.8. The average molecular weight is 454 g/mol. The molecular formula is C25H31N3O5. The minimum atomic E-state index is -0.849. The van der Waals surface area contributed by atoms with Gasteiger partial charge in [-0.3, -0.25) is 14.4 Å². The summed E-state index contributed by atoms with van der Waals surface area (Å²) >= 11 is 0. The van der Waals surface area contributed by atoms with Gasteiger partial charge >= 0.3 is 0 Å². The van der Waals surface area contributed by atoms with E-state index in [0.29, 0.717) is 23.5 Å². The van der Waals surface area contributed by atoms with E-state index in [2.05, 4.69) is 10.6 Å². The van der Waals surface area contributed by atoms with E-state index < -0.39 is 23.9 Å². The second-order valence-corrected chi connectivity index (χ2v) is 8.68. The molecule has 0 spiro atoms. The summed E-state index contributed by atoms with van der Waals surface area (Å²) in [7, 11) is 1.58. The number of amides is 3. The smallest absolute Gasteiger partial charge is 0.252 e. The monoisotopic (exact) mass is 453 g/mol. The molecule has 2 aliphatic heterocycles. The van der Waals surface area contributed by atoms with Gasteiger partial charge in [0.2, 0.25) is 11.8 Å². The van der Waals surface area contributed by atoms with Crippen molar-refractivity contribution in [2.24, 2.45) is 5.92 Å². The molecule has 3 amide bonds. The van der Waals surface area contributed by atoms with Crippen LogP contribution in [0.4, 0.5) is 0 Å². The molecule has 2 aromatic carbocycles. The van der Waals surface area contributed by atoms with Crippen molar-refractivity contribution in [3.8, 4) is 11.5 Å². The summed E-state index contributed by atoms with van der Waals surface area (Å²) in [5.74, 6) is 0.0967. The Hall–Kier alpha value is -3.39. The molecule has 4 bridgehead atoms. The molecule has 2 atom stereocenters. The molecule has 0 radical (unpaired) electrons. The van der Waals surface area contributed by atoms with Crippen molar-refractivity contribution in [1.29, 1.82) is 0 Å². The molecule has 4 rings (SSSR count). The van der Waals surface area contributed by atoms with Gasteiger partial charge in [-0.05, 0) is 48.2 Å². The van der Waals surface area contributed by atoms with Crippen LogP contribution in [0.25, 0.3) is 0 Å². The van der Waals surface area contributed by atoms with Crippen LogP contribution < -0.4 is 15.4 Å². The minimum absolute atomic E-state index is 0.135. The summed E-state index contributed by atoms with van der Waals surface area (Å²) in [4.78, 5) is 40.6. The first-order valence-corrected chi connectivity index (χ1v) is 11.1. The molecule has 2 heterocycles. The Balaban J connectivity index is 1.99. The predicted octanol–water partition coefficient (Wildman–Crippen LogP) is 2.11. The number of aliphatic hydroxyl groups excluding tert-OH is 1. The van der Waals surface area contributed by atoms with Gasteiger partial charge in [-0.15, -0.1) is 0 Å². The standard InChI is InChI=1S/C25H31N3O5/c1-16(2)13-21-24(31)27-22(25(32)28(3)11-12-29)14-17-7-9-19(10-8-17)33-20-6-4-5-18(15-20)23(30)26-21/h4-10,15-16,21-22,29H,11-14H2,1-3H3,(H,26,30)(H,27,31)/t21-,22+/m0/s1. The lowest BCUT2D eigenvalue weighted by Crippen LogP contribution is -2.55. The zero-order valence-electron chi connectivity index (χ0n) is 19.2. The number of likely N-dealkylation sites (N-methyl/N-ethyl adjacent to an activating group) is 1. The maximum absolute atomic E-state index is 13.2. The molecular weight excluding hydrogens is 422 g/mol. The topological polar surface area (TPSA) is 108 Å². The Morgan fingerprint density at radius 3 is 2.52 bits per heavy atom. The Kier molecular flexibility index (Phi) is 8.06. The van der Waals surface area contributed by atoms with Crippen LogP contribution in [-0.2, 0) is 16.0 Å². The molecule has 8 heteroatoms. The van der Waals surface area contributed by atoms with Crippen molar-refractivity contribution in [2.75, 3.05) is 20.2 Å². The fourth-order valence-corrected chi connectivity index (χ4v) is 3.71. The molecule has 0 saturated heterocycles. The molecule has 2 aliphatic rings. The van der Waals surface area contributed by atoms with Crippen LogP contribution in [0.15, 0.2) is 48.5 Å². The largest absolute Gasteiger partial charge is 0.457 e. The van der Waals surface area contributed by atoms with Gasteiger partial charge in [0.25, 0.3) is 5.91 Å². The highest BCUT2D eigenvalue weighted by molar-refractivity contribution is 5.98. The molecule has 8 nitrogen and oxygen atoms in total. The van der Waals surface area contributed by atoms with E-state index in [1.807, 2.05) is 26.0 Å². The van der Waals surface area contributed by atoms with Crippen molar-refractivity contribution in [2.45, 2.75) is 38.8 Å². The second-order valence-electron chi connectivity index (χ2n) is 8.68. The first-order valence-electron chi connectivity index (χ1n) is 11.1. The van der Waals surface area contributed by atoms with Crippen molar-refractivity contribution >= 4 is 17.7 Å². The Labute approximate surface area is 193 Å². The highest BCUT2D eigenvalue weighted by atomic mass is 16.5. The molecule has 176 valence electrons. The normalized spacial score (nSPS) is 18.6. The molecule has 0 saturated carbocycles. The van der Waals surface area contributed by atoms with Crippen molar-refractivity contribution in [3.05, 3.63) is 59.7 Å².